The number of benzene rings is 1. The van der Waals surface area contributed by atoms with Gasteiger partial charge in [0.2, 0.25) is 5.91 Å². The first-order valence-electron chi connectivity index (χ1n) is 5.65. The molecule has 1 aromatic carbocycles. The predicted molar refractivity (Wildman–Crippen MR) is 74.8 cm³/mol. The van der Waals surface area contributed by atoms with Crippen LogP contribution in [0, 0.1) is 6.92 Å². The third-order valence-electron chi connectivity index (χ3n) is 2.27. The summed E-state index contributed by atoms with van der Waals surface area (Å²) in [6, 6.07) is 15.4. The van der Waals surface area contributed by atoms with E-state index in [-0.39, 0.29) is 5.91 Å². The molecule has 0 saturated heterocycles. The van der Waals surface area contributed by atoms with Crippen LogP contribution in [0.5, 0.6) is 0 Å². The van der Waals surface area contributed by atoms with E-state index in [4.69, 9.17) is 0 Å². The zero-order chi connectivity index (χ0) is 12.8. The predicted octanol–water partition coefficient (Wildman–Crippen LogP) is 3.12. The van der Waals surface area contributed by atoms with Gasteiger partial charge in [-0.15, -0.1) is 11.8 Å². The van der Waals surface area contributed by atoms with Gasteiger partial charge in [-0.25, -0.2) is 4.98 Å². The molecular weight excluding hydrogens is 244 g/mol. The molecule has 2 aromatic rings. The van der Waals surface area contributed by atoms with Gasteiger partial charge in [-0.3, -0.25) is 4.79 Å². The van der Waals surface area contributed by atoms with Crippen LogP contribution in [0.1, 0.15) is 5.69 Å². The number of carbonyl (C=O) groups excluding carboxylic acids is 1. The van der Waals surface area contributed by atoms with Gasteiger partial charge in [-0.1, -0.05) is 24.3 Å². The molecule has 0 bridgehead atoms. The normalized spacial score (nSPS) is 10.1. The summed E-state index contributed by atoms with van der Waals surface area (Å²) in [5, 5.41) is 2.78. The minimum atomic E-state index is -0.0399. The number of nitrogens with one attached hydrogen (secondary N) is 1. The van der Waals surface area contributed by atoms with Gasteiger partial charge in [0.1, 0.15) is 5.82 Å². The van der Waals surface area contributed by atoms with Crippen LogP contribution in [0.25, 0.3) is 0 Å². The van der Waals surface area contributed by atoms with Crippen LogP contribution in [0.4, 0.5) is 5.82 Å². The topological polar surface area (TPSA) is 42.0 Å². The summed E-state index contributed by atoms with van der Waals surface area (Å²) in [5.41, 5.74) is 0.892. The van der Waals surface area contributed by atoms with Crippen molar-refractivity contribution < 1.29 is 4.79 Å². The number of nitrogens with zero attached hydrogens (tertiary/aromatic N) is 1. The maximum Gasteiger partial charge on any atom is 0.235 e. The number of thioether (sulfide) groups is 1. The molecule has 1 heterocycles. The number of anilines is 1. The summed E-state index contributed by atoms with van der Waals surface area (Å²) in [6.45, 7) is 1.90. The lowest BCUT2D eigenvalue weighted by Crippen LogP contribution is -2.15. The fourth-order valence-electron chi connectivity index (χ4n) is 1.46. The van der Waals surface area contributed by atoms with Gasteiger partial charge in [-0.05, 0) is 31.2 Å². The van der Waals surface area contributed by atoms with E-state index in [1.807, 2.05) is 49.4 Å². The van der Waals surface area contributed by atoms with E-state index in [0.717, 1.165) is 10.6 Å². The first-order valence-corrected chi connectivity index (χ1v) is 6.64. The van der Waals surface area contributed by atoms with E-state index in [1.54, 1.807) is 6.07 Å². The Morgan fingerprint density at radius 2 is 1.94 bits per heavy atom. The van der Waals surface area contributed by atoms with Crippen molar-refractivity contribution in [3.05, 3.63) is 54.2 Å². The Hall–Kier alpha value is -1.81. The van der Waals surface area contributed by atoms with Crippen molar-refractivity contribution in [3.63, 3.8) is 0 Å². The van der Waals surface area contributed by atoms with E-state index in [2.05, 4.69) is 10.3 Å². The smallest absolute Gasteiger partial charge is 0.235 e. The largest absolute Gasteiger partial charge is 0.310 e. The molecule has 0 aliphatic rings. The van der Waals surface area contributed by atoms with Crippen LogP contribution in [0.15, 0.2) is 53.4 Å². The lowest BCUT2D eigenvalue weighted by molar-refractivity contribution is -0.113. The number of aryl methyl sites for hydroxylation is 1. The maximum absolute atomic E-state index is 11.7. The minimum Gasteiger partial charge on any atom is -0.310 e. The minimum absolute atomic E-state index is 0.0399. The second-order valence-corrected chi connectivity index (χ2v) is 4.86. The Balaban J connectivity index is 1.86. The van der Waals surface area contributed by atoms with Crippen molar-refractivity contribution in [2.24, 2.45) is 0 Å². The summed E-state index contributed by atoms with van der Waals surface area (Å²) >= 11 is 1.51. The number of pyridine rings is 1. The lowest BCUT2D eigenvalue weighted by Gasteiger charge is -2.04. The molecule has 18 heavy (non-hydrogen) atoms. The molecular formula is C14H14N2OS. The fraction of sp³-hybridized carbons (Fsp3) is 0.143. The van der Waals surface area contributed by atoms with Crippen LogP contribution >= 0.6 is 11.8 Å². The summed E-state index contributed by atoms with van der Waals surface area (Å²) in [5.74, 6) is 0.954. The monoisotopic (exact) mass is 258 g/mol. The Bertz CT molecular complexity index is 528. The standard InChI is InChI=1S/C14H14N2OS/c1-11-6-5-9-13(15-11)16-14(17)10-18-12-7-3-2-4-8-12/h2-9H,10H2,1H3,(H,15,16,17). The Labute approximate surface area is 111 Å². The molecule has 0 aliphatic carbocycles. The number of carbonyl (C=O) groups is 1. The van der Waals surface area contributed by atoms with Crippen LogP contribution < -0.4 is 5.32 Å². The van der Waals surface area contributed by atoms with Crippen molar-refractivity contribution >= 4 is 23.5 Å². The van der Waals surface area contributed by atoms with Gasteiger partial charge in [-0.2, -0.15) is 0 Å². The van der Waals surface area contributed by atoms with Gasteiger partial charge in [0, 0.05) is 10.6 Å². The van der Waals surface area contributed by atoms with Gasteiger partial charge in [0.05, 0.1) is 5.75 Å². The molecule has 0 atom stereocenters. The fourth-order valence-corrected chi connectivity index (χ4v) is 2.18. The average molecular weight is 258 g/mol. The van der Waals surface area contributed by atoms with Crippen molar-refractivity contribution in [3.8, 4) is 0 Å². The van der Waals surface area contributed by atoms with E-state index < -0.39 is 0 Å². The van der Waals surface area contributed by atoms with E-state index >= 15 is 0 Å². The van der Waals surface area contributed by atoms with Crippen molar-refractivity contribution in [2.75, 3.05) is 11.1 Å². The first kappa shape index (κ1) is 12.6. The summed E-state index contributed by atoms with van der Waals surface area (Å²) in [7, 11) is 0. The van der Waals surface area contributed by atoms with Gasteiger partial charge >= 0.3 is 0 Å². The Morgan fingerprint density at radius 3 is 2.67 bits per heavy atom. The van der Waals surface area contributed by atoms with E-state index in [0.29, 0.717) is 11.6 Å². The molecule has 0 aliphatic heterocycles. The first-order chi connectivity index (χ1) is 8.74. The molecule has 0 fully saturated rings. The molecule has 0 saturated carbocycles. The highest BCUT2D eigenvalue weighted by Crippen LogP contribution is 2.17. The number of hydrogen-bond acceptors (Lipinski definition) is 3. The number of aromatic nitrogens is 1. The molecule has 0 spiro atoms. The van der Waals surface area contributed by atoms with Crippen LogP contribution in [-0.4, -0.2) is 16.6 Å². The van der Waals surface area contributed by atoms with Gasteiger partial charge < -0.3 is 5.32 Å². The highest BCUT2D eigenvalue weighted by Gasteiger charge is 2.04. The quantitative estimate of drug-likeness (QED) is 0.857. The van der Waals surface area contributed by atoms with Crippen LogP contribution in [0.2, 0.25) is 0 Å². The van der Waals surface area contributed by atoms with Crippen LogP contribution in [0.3, 0.4) is 0 Å². The summed E-state index contributed by atoms with van der Waals surface area (Å²) < 4.78 is 0. The molecule has 1 aromatic heterocycles. The molecule has 92 valence electrons. The molecule has 2 rings (SSSR count). The molecule has 1 amide bonds. The third kappa shape index (κ3) is 3.89. The van der Waals surface area contributed by atoms with Gasteiger partial charge in [0.15, 0.2) is 0 Å². The highest BCUT2D eigenvalue weighted by molar-refractivity contribution is 8.00. The second kappa shape index (κ2) is 6.21. The van der Waals surface area contributed by atoms with Crippen molar-refractivity contribution in [2.45, 2.75) is 11.8 Å². The van der Waals surface area contributed by atoms with Gasteiger partial charge in [0.25, 0.3) is 0 Å². The SMILES string of the molecule is Cc1cccc(NC(=O)CSc2ccccc2)n1. The molecule has 0 unspecified atom stereocenters. The molecule has 4 heteroatoms. The number of amides is 1. The zero-order valence-corrected chi connectivity index (χ0v) is 10.9. The molecule has 3 nitrogen and oxygen atoms in total. The highest BCUT2D eigenvalue weighted by atomic mass is 32.2. The Morgan fingerprint density at radius 1 is 1.17 bits per heavy atom. The van der Waals surface area contributed by atoms with Crippen molar-refractivity contribution in [1.29, 1.82) is 0 Å². The van der Waals surface area contributed by atoms with E-state index in [1.165, 1.54) is 11.8 Å². The Kier molecular flexibility index (Phi) is 4.36. The van der Waals surface area contributed by atoms with Crippen LogP contribution in [-0.2, 0) is 4.79 Å². The maximum atomic E-state index is 11.7. The van der Waals surface area contributed by atoms with Crippen molar-refractivity contribution in [1.82, 2.24) is 4.98 Å². The zero-order valence-electron chi connectivity index (χ0n) is 10.1. The second-order valence-electron chi connectivity index (χ2n) is 3.81. The average Bonchev–Trinajstić information content (AvgIpc) is 2.38. The third-order valence-corrected chi connectivity index (χ3v) is 3.28. The summed E-state index contributed by atoms with van der Waals surface area (Å²) in [6.07, 6.45) is 0. The molecule has 0 radical (unpaired) electrons. The molecule has 1 N–H and O–H groups in total. The summed E-state index contributed by atoms with van der Waals surface area (Å²) in [4.78, 5) is 17.0. The van der Waals surface area contributed by atoms with E-state index in [9.17, 15) is 4.79 Å². The number of hydrogen-bond donors (Lipinski definition) is 1. The number of rotatable bonds is 4. The lowest BCUT2D eigenvalue weighted by atomic mass is 10.4.